The van der Waals surface area contributed by atoms with Gasteiger partial charge in [0.1, 0.15) is 0 Å². The predicted molar refractivity (Wildman–Crippen MR) is 343 cm³/mol. The second-order valence-electron chi connectivity index (χ2n) is 17.4. The minimum atomic E-state index is 0.637. The molecule has 0 amide bonds. The third-order valence-corrected chi connectivity index (χ3v) is 12.3. The van der Waals surface area contributed by atoms with Gasteiger partial charge in [-0.25, -0.2) is 9.98 Å². The van der Waals surface area contributed by atoms with Gasteiger partial charge in [0.15, 0.2) is 0 Å². The molecule has 7 aromatic carbocycles. The summed E-state index contributed by atoms with van der Waals surface area (Å²) in [4.78, 5) is 18.8. The van der Waals surface area contributed by atoms with E-state index in [0.29, 0.717) is 17.1 Å². The number of aliphatic hydroxyl groups excluding tert-OH is 1. The largest absolute Gasteiger partial charge is 0.400 e. The van der Waals surface area contributed by atoms with Crippen molar-refractivity contribution in [2.24, 2.45) is 15.7 Å². The maximum absolute atomic E-state index is 7.00. The molecule has 3 aromatic heterocycles. The highest BCUT2D eigenvalue weighted by Gasteiger charge is 2.18. The van der Waals surface area contributed by atoms with E-state index in [-0.39, 0.29) is 0 Å². The average Bonchev–Trinajstić information content (AvgIpc) is 4.03. The molecule has 0 aliphatic carbocycles. The van der Waals surface area contributed by atoms with Crippen molar-refractivity contribution in [3.05, 3.63) is 265 Å². The van der Waals surface area contributed by atoms with Crippen molar-refractivity contribution in [2.75, 3.05) is 7.11 Å². The Morgan fingerprint density at radius 2 is 1.03 bits per heavy atom. The summed E-state index contributed by atoms with van der Waals surface area (Å²) in [6, 6.07) is 62.7. The van der Waals surface area contributed by atoms with Crippen molar-refractivity contribution >= 4 is 71.9 Å². The van der Waals surface area contributed by atoms with Crippen LogP contribution in [0, 0.1) is 6.92 Å². The van der Waals surface area contributed by atoms with E-state index in [2.05, 4.69) is 214 Å². The predicted octanol–water partition coefficient (Wildman–Crippen LogP) is 18.6. The van der Waals surface area contributed by atoms with Gasteiger partial charge in [-0.2, -0.15) is 0 Å². The number of aliphatic imine (C=N–C) groups is 2. The molecule has 0 saturated carbocycles. The zero-order valence-corrected chi connectivity index (χ0v) is 48.0. The monoisotopic (exact) mass is 1030 g/mol. The lowest BCUT2D eigenvalue weighted by Crippen LogP contribution is -2.11. The van der Waals surface area contributed by atoms with Gasteiger partial charge >= 0.3 is 0 Å². The minimum absolute atomic E-state index is 0.637. The minimum Gasteiger partial charge on any atom is -0.400 e. The van der Waals surface area contributed by atoms with Crippen molar-refractivity contribution in [3.63, 3.8) is 0 Å². The van der Waals surface area contributed by atoms with Gasteiger partial charge in [-0.1, -0.05) is 214 Å². The summed E-state index contributed by atoms with van der Waals surface area (Å²) in [6.07, 6.45) is 5.97. The van der Waals surface area contributed by atoms with Crippen LogP contribution in [0.1, 0.15) is 108 Å². The number of allylic oxidation sites excluding steroid dienone is 1. The van der Waals surface area contributed by atoms with Gasteiger partial charge in [-0.3, -0.25) is 9.97 Å². The van der Waals surface area contributed by atoms with Gasteiger partial charge in [0.2, 0.25) is 0 Å². The van der Waals surface area contributed by atoms with Crippen LogP contribution in [0.25, 0.3) is 66.1 Å². The third kappa shape index (κ3) is 15.4. The molecule has 0 radical (unpaired) electrons. The summed E-state index contributed by atoms with van der Waals surface area (Å²) in [6.45, 7) is 35.0. The summed E-state index contributed by atoms with van der Waals surface area (Å²) in [5, 5.41) is 13.9. The Bertz CT molecular complexity index is 3620. The molecule has 0 fully saturated rings. The molecule has 7 heteroatoms. The molecule has 0 atom stereocenters. The van der Waals surface area contributed by atoms with Crippen molar-refractivity contribution in [1.29, 1.82) is 0 Å². The van der Waals surface area contributed by atoms with E-state index in [1.54, 1.807) is 0 Å². The van der Waals surface area contributed by atoms with Crippen molar-refractivity contribution in [2.45, 2.75) is 82.1 Å². The first-order chi connectivity index (χ1) is 38.1. The van der Waals surface area contributed by atoms with Crippen LogP contribution in [0.3, 0.4) is 0 Å². The fourth-order valence-corrected chi connectivity index (χ4v) is 8.51. The van der Waals surface area contributed by atoms with Gasteiger partial charge in [0.05, 0.1) is 45.2 Å². The Kier molecular flexibility index (Phi) is 25.3. The van der Waals surface area contributed by atoms with Crippen LogP contribution in [0.15, 0.2) is 236 Å². The number of nitrogens with two attached hydrogens (primary N) is 1. The SMILES string of the molecule is C=C.C=C(N=C(/C(C)=C(\N)c1ccccc1C)c1ccc2c3ccccc3n(-c3ccccc3)c2c1)c1ccc(CC)cc1.C=C(N=C(C)c1cc2ccccc2cn1)c1cc2ccccc2cn1.CC.CC.CCC.CO. The number of nitrogens with zero attached hydrogens (tertiary/aromatic N) is 5. The van der Waals surface area contributed by atoms with E-state index in [0.717, 1.165) is 96.9 Å². The number of para-hydroxylation sites is 2. The van der Waals surface area contributed by atoms with Crippen LogP contribution in [0.5, 0.6) is 0 Å². The Balaban J connectivity index is 0.000000310. The number of benzene rings is 7. The summed E-state index contributed by atoms with van der Waals surface area (Å²) < 4.78 is 2.33. The van der Waals surface area contributed by atoms with E-state index in [1.807, 2.05) is 95.5 Å². The summed E-state index contributed by atoms with van der Waals surface area (Å²) in [5.74, 6) is 0. The highest BCUT2D eigenvalue weighted by atomic mass is 16.2. The molecule has 3 N–H and O–H groups in total. The summed E-state index contributed by atoms with van der Waals surface area (Å²) in [7, 11) is 1.00. The van der Waals surface area contributed by atoms with Crippen LogP contribution < -0.4 is 5.73 Å². The van der Waals surface area contributed by atoms with E-state index < -0.39 is 0 Å². The van der Waals surface area contributed by atoms with Crippen LogP contribution in [-0.2, 0) is 6.42 Å². The van der Waals surface area contributed by atoms with Crippen molar-refractivity contribution in [1.82, 2.24) is 14.5 Å². The number of aliphatic hydroxyl groups is 1. The number of hydrogen-bond acceptors (Lipinski definition) is 6. The van der Waals surface area contributed by atoms with Gasteiger partial charge in [-0.15, -0.1) is 13.2 Å². The number of hydrogen-bond donors (Lipinski definition) is 2. The Labute approximate surface area is 465 Å². The number of pyridine rings is 2. The Morgan fingerprint density at radius 3 is 1.62 bits per heavy atom. The molecule has 0 saturated heterocycles. The first-order valence-electron chi connectivity index (χ1n) is 27.0. The third-order valence-electron chi connectivity index (χ3n) is 12.3. The smallest absolute Gasteiger partial charge is 0.0886 e. The molecule has 10 rings (SSSR count). The number of rotatable bonds is 10. The number of aromatic nitrogens is 3. The molecule has 0 aliphatic rings. The molecule has 0 aliphatic heterocycles. The number of fused-ring (bicyclic) bond motifs is 5. The standard InChI is InChI=1S/C39H35N3.C22H17N3.C3H8.2C2H6.C2H4.CH4O/c1-5-29-19-21-30(22-20-29)28(4)41-39(27(3)38(40)33-16-10-9-13-26(33)2)31-23-24-35-34-17-11-12-18-36(34)42(37(35)25-31)32-14-7-6-8-15-32;1-15(21-11-17-7-3-5-9-19(17)13-23-21)25-16(2)22-12-18-8-4-6-10-20(18)14-24-22;1-3-2;4*1-2/h6-25H,4-5,40H2,1-3H3;3-14H,1H2,2H3;3H2,1-2H3;2*1-2H3;1-2H2;2H,1H3/b38-27-,41-39?;;;;;;. The topological polar surface area (TPSA) is 102 Å². The van der Waals surface area contributed by atoms with Crippen LogP contribution in [0.2, 0.25) is 0 Å². The zero-order valence-electron chi connectivity index (χ0n) is 48.0. The molecular weight excluding hydrogens is 953 g/mol. The van der Waals surface area contributed by atoms with E-state index in [1.165, 1.54) is 28.3 Å². The lowest BCUT2D eigenvalue weighted by atomic mass is 9.95. The Hall–Kier alpha value is -8.78. The van der Waals surface area contributed by atoms with E-state index in [4.69, 9.17) is 15.8 Å². The second-order valence-corrected chi connectivity index (χ2v) is 17.4. The molecule has 0 unspecified atom stereocenters. The van der Waals surface area contributed by atoms with Crippen molar-refractivity contribution < 1.29 is 5.11 Å². The van der Waals surface area contributed by atoms with Crippen LogP contribution in [0.4, 0.5) is 0 Å². The molecule has 0 spiro atoms. The van der Waals surface area contributed by atoms with Gasteiger partial charge < -0.3 is 15.4 Å². The quantitative estimate of drug-likeness (QED) is 0.105. The maximum atomic E-state index is 7.00. The lowest BCUT2D eigenvalue weighted by molar-refractivity contribution is 0.399. The molecule has 7 nitrogen and oxygen atoms in total. The first kappa shape index (κ1) is 61.8. The van der Waals surface area contributed by atoms with Gasteiger partial charge in [0, 0.05) is 63.6 Å². The zero-order chi connectivity index (χ0) is 57.1. The molecular formula is C71H80N6O. The molecule has 400 valence electrons. The van der Waals surface area contributed by atoms with Crippen LogP contribution in [-0.4, -0.2) is 38.2 Å². The second kappa shape index (κ2) is 32.0. The van der Waals surface area contributed by atoms with E-state index >= 15 is 0 Å². The van der Waals surface area contributed by atoms with E-state index in [9.17, 15) is 0 Å². The molecule has 0 bridgehead atoms. The highest BCUT2D eigenvalue weighted by molar-refractivity contribution is 6.20. The van der Waals surface area contributed by atoms with Gasteiger partial charge in [0.25, 0.3) is 0 Å². The average molecular weight is 1030 g/mol. The normalized spacial score (nSPS) is 11.0. The fourth-order valence-electron chi connectivity index (χ4n) is 8.51. The number of aryl methyl sites for hydroxylation is 2. The lowest BCUT2D eigenvalue weighted by Gasteiger charge is -2.15. The van der Waals surface area contributed by atoms with Crippen molar-refractivity contribution in [3.8, 4) is 5.69 Å². The van der Waals surface area contributed by atoms with Crippen LogP contribution >= 0.6 is 0 Å². The summed E-state index contributed by atoms with van der Waals surface area (Å²) in [5.41, 5.74) is 21.9. The highest BCUT2D eigenvalue weighted by Crippen LogP contribution is 2.34. The Morgan fingerprint density at radius 1 is 0.538 bits per heavy atom. The fraction of sp³-hybridized carbons (Fsp3) is 0.183. The maximum Gasteiger partial charge on any atom is 0.0886 e. The summed E-state index contributed by atoms with van der Waals surface area (Å²) >= 11 is 0. The molecule has 10 aromatic rings. The van der Waals surface area contributed by atoms with Gasteiger partial charge in [-0.05, 0) is 96.6 Å². The molecule has 78 heavy (non-hydrogen) atoms. The molecule has 3 heterocycles. The first-order valence-corrected chi connectivity index (χ1v) is 27.0.